The van der Waals surface area contributed by atoms with E-state index in [-0.39, 0.29) is 19.3 Å². The van der Waals surface area contributed by atoms with Crippen LogP contribution in [0.2, 0.25) is 0 Å². The van der Waals surface area contributed by atoms with Gasteiger partial charge in [-0.15, -0.1) is 0 Å². The number of aliphatic carboxylic acids is 1. The first-order valence-electron chi connectivity index (χ1n) is 6.38. The third-order valence-electron chi connectivity index (χ3n) is 2.78. The summed E-state index contributed by atoms with van der Waals surface area (Å²) in [6, 6.07) is 7.72. The summed E-state index contributed by atoms with van der Waals surface area (Å²) in [5.41, 5.74) is 0.759. The number of hydrogen-bond acceptors (Lipinski definition) is 3. The van der Waals surface area contributed by atoms with Crippen LogP contribution in [0, 0.1) is 0 Å². The smallest absolute Gasteiger partial charge is 0.326 e. The van der Waals surface area contributed by atoms with Gasteiger partial charge in [-0.25, -0.2) is 4.79 Å². The average molecular weight is 315 g/mol. The Labute approximate surface area is 122 Å². The Bertz CT molecular complexity index is 527. The second-order valence-electron chi connectivity index (χ2n) is 4.65. The molecule has 1 aromatic rings. The maximum Gasteiger partial charge on any atom is 0.326 e. The molecule has 0 aromatic heterocycles. The lowest BCUT2D eigenvalue weighted by molar-refractivity contribution is -0.141. The van der Waals surface area contributed by atoms with E-state index in [0.29, 0.717) is 0 Å². The van der Waals surface area contributed by atoms with E-state index in [1.807, 2.05) is 6.07 Å². The Hall–Kier alpha value is -1.69. The number of carbonyl (C=O) groups is 2. The van der Waals surface area contributed by atoms with Gasteiger partial charge in [-0.2, -0.15) is 0 Å². The predicted molar refractivity (Wildman–Crippen MR) is 75.9 cm³/mol. The summed E-state index contributed by atoms with van der Waals surface area (Å²) in [7, 11) is -4.15. The van der Waals surface area contributed by atoms with E-state index >= 15 is 0 Å². The van der Waals surface area contributed by atoms with Gasteiger partial charge < -0.3 is 20.2 Å². The summed E-state index contributed by atoms with van der Waals surface area (Å²) >= 11 is 0. The van der Waals surface area contributed by atoms with Gasteiger partial charge in [0.05, 0.1) is 6.42 Å². The quantitative estimate of drug-likeness (QED) is 0.525. The van der Waals surface area contributed by atoms with Crippen LogP contribution in [0.25, 0.3) is 0 Å². The van der Waals surface area contributed by atoms with Crippen molar-refractivity contribution < 1.29 is 29.0 Å². The summed E-state index contributed by atoms with van der Waals surface area (Å²) in [5.74, 6) is -1.66. The normalized spacial score (nSPS) is 12.7. The molecule has 4 N–H and O–H groups in total. The highest BCUT2D eigenvalue weighted by Crippen LogP contribution is 2.35. The summed E-state index contributed by atoms with van der Waals surface area (Å²) in [6.45, 7) is 0. The molecule has 0 radical (unpaired) electrons. The van der Waals surface area contributed by atoms with E-state index in [9.17, 15) is 14.2 Å². The Morgan fingerprint density at radius 2 is 1.81 bits per heavy atom. The van der Waals surface area contributed by atoms with Crippen LogP contribution in [-0.4, -0.2) is 39.0 Å². The van der Waals surface area contributed by atoms with Gasteiger partial charge in [-0.1, -0.05) is 30.3 Å². The number of benzene rings is 1. The molecule has 8 heteroatoms. The van der Waals surface area contributed by atoms with Crippen LogP contribution in [-0.2, 0) is 20.6 Å². The first-order chi connectivity index (χ1) is 9.78. The molecule has 0 aliphatic rings. The molecular formula is C13H18NO6P. The minimum absolute atomic E-state index is 0.0207. The lowest BCUT2D eigenvalue weighted by atomic mass is 10.1. The molecule has 0 bridgehead atoms. The van der Waals surface area contributed by atoms with Gasteiger partial charge in [-0.05, 0) is 18.4 Å². The minimum Gasteiger partial charge on any atom is -0.480 e. The molecule has 0 aliphatic heterocycles. The zero-order valence-corrected chi connectivity index (χ0v) is 12.2. The molecule has 0 saturated heterocycles. The Kier molecular flexibility index (Phi) is 6.55. The molecule has 0 heterocycles. The highest BCUT2D eigenvalue weighted by molar-refractivity contribution is 7.51. The Morgan fingerprint density at radius 3 is 2.33 bits per heavy atom. The zero-order chi connectivity index (χ0) is 15.9. The fourth-order valence-electron chi connectivity index (χ4n) is 1.79. The third-order valence-corrected chi connectivity index (χ3v) is 3.68. The fraction of sp³-hybridized carbons (Fsp3) is 0.385. The first-order valence-corrected chi connectivity index (χ1v) is 8.18. The van der Waals surface area contributed by atoms with Crippen molar-refractivity contribution in [3.8, 4) is 0 Å². The molecular weight excluding hydrogens is 297 g/mol. The maximum atomic E-state index is 11.8. The van der Waals surface area contributed by atoms with Crippen LogP contribution in [0.1, 0.15) is 18.4 Å². The van der Waals surface area contributed by atoms with E-state index in [1.54, 1.807) is 24.3 Å². The summed E-state index contributed by atoms with van der Waals surface area (Å²) in [5, 5.41) is 11.4. The van der Waals surface area contributed by atoms with Crippen molar-refractivity contribution >= 4 is 19.5 Å². The molecule has 1 aromatic carbocycles. The monoisotopic (exact) mass is 315 g/mol. The summed E-state index contributed by atoms with van der Waals surface area (Å²) < 4.78 is 10.7. The van der Waals surface area contributed by atoms with Gasteiger partial charge in [0.1, 0.15) is 6.04 Å². The van der Waals surface area contributed by atoms with Crippen molar-refractivity contribution in [3.63, 3.8) is 0 Å². The van der Waals surface area contributed by atoms with Gasteiger partial charge in [0, 0.05) is 6.16 Å². The number of carbonyl (C=O) groups excluding carboxylic acids is 1. The number of rotatable bonds is 8. The van der Waals surface area contributed by atoms with Gasteiger partial charge in [0.15, 0.2) is 0 Å². The van der Waals surface area contributed by atoms with E-state index in [4.69, 9.17) is 14.9 Å². The highest BCUT2D eigenvalue weighted by Gasteiger charge is 2.21. The highest BCUT2D eigenvalue weighted by atomic mass is 31.2. The molecule has 1 atom stereocenters. The van der Waals surface area contributed by atoms with Crippen LogP contribution in [0.15, 0.2) is 30.3 Å². The SMILES string of the molecule is O=C(Cc1ccccc1)NC(CCCP(=O)(O)O)C(=O)O. The molecule has 1 unspecified atom stereocenters. The standard InChI is InChI=1S/C13H18NO6P/c15-12(9-10-5-2-1-3-6-10)14-11(13(16)17)7-4-8-21(18,19)20/h1-3,5-6,11H,4,7-9H2,(H,14,15)(H,16,17)(H2,18,19,20). The van der Waals surface area contributed by atoms with Crippen molar-refractivity contribution in [1.29, 1.82) is 0 Å². The molecule has 7 nitrogen and oxygen atoms in total. The second-order valence-corrected chi connectivity index (χ2v) is 6.43. The topological polar surface area (TPSA) is 124 Å². The molecule has 0 fully saturated rings. The van der Waals surface area contributed by atoms with E-state index in [1.165, 1.54) is 0 Å². The minimum atomic E-state index is -4.15. The molecule has 0 spiro atoms. The summed E-state index contributed by atoms with van der Waals surface area (Å²) in [4.78, 5) is 40.2. The molecule has 116 valence electrons. The second kappa shape index (κ2) is 7.93. The van der Waals surface area contributed by atoms with Crippen molar-refractivity contribution in [1.82, 2.24) is 5.32 Å². The van der Waals surface area contributed by atoms with Crippen LogP contribution >= 0.6 is 7.60 Å². The van der Waals surface area contributed by atoms with Gasteiger partial charge in [0.25, 0.3) is 0 Å². The lowest BCUT2D eigenvalue weighted by Crippen LogP contribution is -2.41. The van der Waals surface area contributed by atoms with Crippen molar-refractivity contribution in [3.05, 3.63) is 35.9 Å². The largest absolute Gasteiger partial charge is 0.480 e. The maximum absolute atomic E-state index is 11.8. The van der Waals surface area contributed by atoms with E-state index in [0.717, 1.165) is 5.56 Å². The number of carboxylic acid groups (broad SMARTS) is 1. The predicted octanol–water partition coefficient (Wildman–Crippen LogP) is 0.756. The van der Waals surface area contributed by atoms with Crippen LogP contribution in [0.4, 0.5) is 0 Å². The number of hydrogen-bond donors (Lipinski definition) is 4. The molecule has 1 amide bonds. The third kappa shape index (κ3) is 7.60. The Balaban J connectivity index is 2.48. The van der Waals surface area contributed by atoms with Crippen LogP contribution < -0.4 is 5.32 Å². The van der Waals surface area contributed by atoms with Crippen molar-refractivity contribution in [2.75, 3.05) is 6.16 Å². The molecule has 0 saturated carbocycles. The Morgan fingerprint density at radius 1 is 1.19 bits per heavy atom. The average Bonchev–Trinajstić information content (AvgIpc) is 2.37. The number of amides is 1. The van der Waals surface area contributed by atoms with Crippen molar-refractivity contribution in [2.45, 2.75) is 25.3 Å². The zero-order valence-electron chi connectivity index (χ0n) is 11.3. The van der Waals surface area contributed by atoms with Crippen LogP contribution in [0.5, 0.6) is 0 Å². The fourth-order valence-corrected chi connectivity index (χ4v) is 2.38. The van der Waals surface area contributed by atoms with Crippen LogP contribution in [0.3, 0.4) is 0 Å². The number of nitrogens with one attached hydrogen (secondary N) is 1. The van der Waals surface area contributed by atoms with Crippen molar-refractivity contribution in [2.24, 2.45) is 0 Å². The molecule has 0 aliphatic carbocycles. The van der Waals surface area contributed by atoms with Gasteiger partial charge in [0.2, 0.25) is 5.91 Å². The first kappa shape index (κ1) is 17.4. The van der Waals surface area contributed by atoms with Gasteiger partial charge in [-0.3, -0.25) is 9.36 Å². The van der Waals surface area contributed by atoms with Gasteiger partial charge >= 0.3 is 13.6 Å². The summed E-state index contributed by atoms with van der Waals surface area (Å²) in [6.07, 6.45) is -0.345. The van der Waals surface area contributed by atoms with E-state index in [2.05, 4.69) is 5.32 Å². The van der Waals surface area contributed by atoms with E-state index < -0.39 is 31.7 Å². The molecule has 1 rings (SSSR count). The molecule has 21 heavy (non-hydrogen) atoms. The number of carboxylic acids is 1. The lowest BCUT2D eigenvalue weighted by Gasteiger charge is -2.14.